The van der Waals surface area contributed by atoms with Crippen LogP contribution < -0.4 is 0 Å². The summed E-state index contributed by atoms with van der Waals surface area (Å²) in [5.74, 6) is 0. The van der Waals surface area contributed by atoms with E-state index in [2.05, 4.69) is 0 Å². The van der Waals surface area contributed by atoms with Crippen LogP contribution in [-0.4, -0.2) is 9.11 Å². The maximum Gasteiger partial charge on any atom is 0.148 e. The quantitative estimate of drug-likeness (QED) is 0.575. The summed E-state index contributed by atoms with van der Waals surface area (Å²) in [7, 11) is 0. The highest BCUT2D eigenvalue weighted by atomic mass is 33.9. The Bertz CT molecular complexity index is 186. The van der Waals surface area contributed by atoms with Crippen molar-refractivity contribution in [3.8, 4) is 0 Å². The summed E-state index contributed by atoms with van der Waals surface area (Å²) in [6, 6.07) is 0. The molecule has 0 radical (unpaired) electrons. The van der Waals surface area contributed by atoms with Gasteiger partial charge in [-0.05, 0) is 22.0 Å². The summed E-state index contributed by atoms with van der Waals surface area (Å²) in [5.41, 5.74) is 0. The molecule has 0 unspecified atom stereocenters. The van der Waals surface area contributed by atoms with E-state index >= 15 is 0 Å². The van der Waals surface area contributed by atoms with Gasteiger partial charge < -0.3 is 9.11 Å². The zero-order valence-electron chi connectivity index (χ0n) is 4.24. The van der Waals surface area contributed by atoms with E-state index in [-0.39, 0.29) is 0 Å². The third kappa shape index (κ3) is 2.31. The number of rotatable bonds is 2. The highest BCUT2D eigenvalue weighted by Gasteiger charge is 2.45. The van der Waals surface area contributed by atoms with Crippen LogP contribution in [0.15, 0.2) is 0 Å². The van der Waals surface area contributed by atoms with Crippen molar-refractivity contribution in [2.45, 2.75) is 0 Å². The van der Waals surface area contributed by atoms with Gasteiger partial charge in [-0.3, -0.25) is 0 Å². The predicted octanol–water partition coefficient (Wildman–Crippen LogP) is 4.33. The summed E-state index contributed by atoms with van der Waals surface area (Å²) in [6.45, 7) is 0. The molecule has 0 bridgehead atoms. The van der Waals surface area contributed by atoms with Crippen molar-refractivity contribution in [1.29, 1.82) is 0 Å². The second-order valence-electron chi connectivity index (χ2n) is 1.22. The highest BCUT2D eigenvalue weighted by molar-refractivity contribution is 9.63. The van der Waals surface area contributed by atoms with Crippen molar-refractivity contribution in [1.82, 2.24) is 0 Å². The first-order valence-corrected chi connectivity index (χ1v) is 14.2. The van der Waals surface area contributed by atoms with Gasteiger partial charge in [-0.2, -0.15) is 0 Å². The van der Waals surface area contributed by atoms with Gasteiger partial charge in [-0.15, -0.1) is 0 Å². The maximum absolute atomic E-state index is 8.67. The Labute approximate surface area is 84.6 Å². The van der Waals surface area contributed by atoms with E-state index in [1.165, 1.54) is 22.0 Å². The second-order valence-corrected chi connectivity index (χ2v) is 30.0. The molecule has 0 amide bonds. The molecule has 0 aromatic heterocycles. The molecule has 2 N–H and O–H groups in total. The van der Waals surface area contributed by atoms with Gasteiger partial charge in [0.15, 0.2) is 0 Å². The van der Waals surface area contributed by atoms with Crippen LogP contribution in [0.25, 0.3) is 0 Å². The van der Waals surface area contributed by atoms with Gasteiger partial charge in [0.2, 0.25) is 0 Å². The van der Waals surface area contributed by atoms with Crippen LogP contribution in [0.5, 0.6) is 0 Å². The summed E-state index contributed by atoms with van der Waals surface area (Å²) in [6.07, 6.45) is 0. The van der Waals surface area contributed by atoms with Crippen molar-refractivity contribution in [2.24, 2.45) is 0 Å². The Morgan fingerprint density at radius 3 is 1.50 bits per heavy atom. The van der Waals surface area contributed by atoms with Crippen LogP contribution in [0, 0.1) is 0 Å². The molecule has 1 aliphatic heterocycles. The zero-order chi connectivity index (χ0) is 7.83. The molecule has 1 rings (SSSR count). The Morgan fingerprint density at radius 1 is 1.00 bits per heavy atom. The third-order valence-electron chi connectivity index (χ3n) is 0.600. The standard InChI is InChI=1S/H2O2P2S6/c1-7-3(5)9-4(6,8-2)10-3/h1-2H. The van der Waals surface area contributed by atoms with Gasteiger partial charge in [0.25, 0.3) is 0 Å². The van der Waals surface area contributed by atoms with E-state index in [4.69, 9.17) is 32.7 Å². The molecular formula is H2O2P2S6. The Morgan fingerprint density at radius 2 is 1.30 bits per heavy atom. The normalized spacial score (nSPS) is 46.6. The van der Waals surface area contributed by atoms with Crippen LogP contribution in [-0.2, 0) is 23.6 Å². The molecule has 1 heterocycles. The molecule has 60 valence electrons. The SMILES string of the molecule is OSP1(=S)SP(=S)(SO)S1. The van der Waals surface area contributed by atoms with E-state index in [0.717, 1.165) is 23.3 Å². The molecule has 10 heavy (non-hydrogen) atoms. The first-order valence-electron chi connectivity index (χ1n) is 1.83. The van der Waals surface area contributed by atoms with Crippen molar-refractivity contribution in [3.63, 3.8) is 0 Å². The molecule has 0 aromatic carbocycles. The molecule has 1 aliphatic rings. The summed E-state index contributed by atoms with van der Waals surface area (Å²) < 4.78 is 13.9. The van der Waals surface area contributed by atoms with Gasteiger partial charge in [0, 0.05) is 23.3 Å². The lowest BCUT2D eigenvalue weighted by Crippen LogP contribution is -1.72. The molecule has 0 spiro atoms. The molecule has 0 aliphatic carbocycles. The molecule has 10 heteroatoms. The highest BCUT2D eigenvalue weighted by Crippen LogP contribution is 3.11. The summed E-state index contributed by atoms with van der Waals surface area (Å²) in [5, 5.41) is 0. The average Bonchev–Trinajstić information content (AvgIpc) is 1.85. The van der Waals surface area contributed by atoms with Crippen LogP contribution in [0.4, 0.5) is 0 Å². The van der Waals surface area contributed by atoms with E-state index in [1.54, 1.807) is 0 Å². The Hall–Kier alpha value is 2.62. The lowest BCUT2D eigenvalue weighted by atomic mass is 15.9. The fourth-order valence-corrected chi connectivity index (χ4v) is 60.4. The summed E-state index contributed by atoms with van der Waals surface area (Å²) >= 11 is 14.3. The fraction of sp³-hybridized carbons (Fsp3) is 0. The monoisotopic (exact) mass is 288 g/mol. The molecule has 1 fully saturated rings. The van der Waals surface area contributed by atoms with E-state index in [9.17, 15) is 0 Å². The average molecular weight is 288 g/mol. The molecule has 0 atom stereocenters. The minimum Gasteiger partial charge on any atom is -0.324 e. The number of hydrogen-bond acceptors (Lipinski definition) is 8. The fourth-order valence-electron chi connectivity index (χ4n) is 0.311. The first-order chi connectivity index (χ1) is 4.54. The lowest BCUT2D eigenvalue weighted by Gasteiger charge is -2.34. The molecule has 0 aromatic rings. The van der Waals surface area contributed by atoms with Crippen molar-refractivity contribution in [3.05, 3.63) is 0 Å². The molecule has 2 nitrogen and oxygen atoms in total. The van der Waals surface area contributed by atoms with Crippen LogP contribution in [0.3, 0.4) is 0 Å². The van der Waals surface area contributed by atoms with E-state index < -0.39 is 7.29 Å². The lowest BCUT2D eigenvalue weighted by molar-refractivity contribution is 0.675. The van der Waals surface area contributed by atoms with Crippen molar-refractivity contribution < 1.29 is 9.11 Å². The van der Waals surface area contributed by atoms with Crippen LogP contribution in [0.2, 0.25) is 0 Å². The topological polar surface area (TPSA) is 40.5 Å². The smallest absolute Gasteiger partial charge is 0.148 e. The molecular weight excluding hydrogens is 286 g/mol. The predicted molar refractivity (Wildman–Crippen MR) is 64.2 cm³/mol. The van der Waals surface area contributed by atoms with Crippen LogP contribution >= 0.6 is 52.6 Å². The second kappa shape index (κ2) is 3.78. The largest absolute Gasteiger partial charge is 0.324 e. The summed E-state index contributed by atoms with van der Waals surface area (Å²) in [4.78, 5) is 0. The van der Waals surface area contributed by atoms with E-state index in [0.29, 0.717) is 0 Å². The van der Waals surface area contributed by atoms with Gasteiger partial charge >= 0.3 is 0 Å². The van der Waals surface area contributed by atoms with Crippen LogP contribution in [0.1, 0.15) is 0 Å². The van der Waals surface area contributed by atoms with Crippen molar-refractivity contribution in [2.75, 3.05) is 0 Å². The number of hydrogen-bond donors (Lipinski definition) is 2. The van der Waals surface area contributed by atoms with Crippen molar-refractivity contribution >= 4 is 76.2 Å². The zero-order valence-corrected chi connectivity index (χ0v) is 10.9. The Kier molecular flexibility index (Phi) is 4.04. The molecule has 0 saturated carbocycles. The third-order valence-corrected chi connectivity index (χ3v) is 37.8. The van der Waals surface area contributed by atoms with E-state index in [1.807, 2.05) is 0 Å². The minimum atomic E-state index is -1.71. The van der Waals surface area contributed by atoms with Gasteiger partial charge in [-0.25, -0.2) is 0 Å². The maximum atomic E-state index is 8.67. The molecule has 1 saturated heterocycles. The van der Waals surface area contributed by atoms with Gasteiger partial charge in [0.05, 0.1) is 0 Å². The van der Waals surface area contributed by atoms with Gasteiger partial charge in [0.1, 0.15) is 7.29 Å². The first kappa shape index (κ1) is 10.7. The minimum absolute atomic E-state index is 0.720. The van der Waals surface area contributed by atoms with Gasteiger partial charge in [-0.1, -0.05) is 23.6 Å². The Balaban J connectivity index is 2.59.